The molecule has 1 aliphatic rings. The number of piperazine rings is 1. The lowest BCUT2D eigenvalue weighted by molar-refractivity contribution is -0.131. The van der Waals surface area contributed by atoms with E-state index in [0.717, 1.165) is 37.4 Å². The normalized spacial score (nSPS) is 15.4. The van der Waals surface area contributed by atoms with Crippen molar-refractivity contribution in [1.29, 1.82) is 0 Å². The molecule has 7 heteroatoms. The van der Waals surface area contributed by atoms with Crippen LogP contribution >= 0.6 is 0 Å². The summed E-state index contributed by atoms with van der Waals surface area (Å²) >= 11 is 0. The average molecular weight is 302 g/mol. The number of aromatic nitrogens is 4. The first-order valence-corrected chi connectivity index (χ1v) is 7.62. The van der Waals surface area contributed by atoms with Gasteiger partial charge in [-0.05, 0) is 12.5 Å². The lowest BCUT2D eigenvalue weighted by Gasteiger charge is -2.35. The van der Waals surface area contributed by atoms with Crippen LogP contribution in [-0.4, -0.2) is 56.5 Å². The lowest BCUT2D eigenvalue weighted by Crippen LogP contribution is -2.48. The molecule has 1 saturated heterocycles. The zero-order chi connectivity index (χ0) is 15.5. The maximum atomic E-state index is 12.3. The fraction of sp³-hybridized carbons (Fsp3) is 0.533. The Morgan fingerprint density at radius 2 is 1.91 bits per heavy atom. The van der Waals surface area contributed by atoms with E-state index >= 15 is 0 Å². The van der Waals surface area contributed by atoms with E-state index in [1.54, 1.807) is 4.68 Å². The highest BCUT2D eigenvalue weighted by Crippen LogP contribution is 2.15. The van der Waals surface area contributed by atoms with E-state index in [9.17, 15) is 4.79 Å². The van der Waals surface area contributed by atoms with Gasteiger partial charge in [0, 0.05) is 58.6 Å². The number of hydrogen-bond donors (Lipinski definition) is 0. The summed E-state index contributed by atoms with van der Waals surface area (Å²) in [4.78, 5) is 16.5. The predicted octanol–water partition coefficient (Wildman–Crippen LogP) is 0.664. The number of aryl methyl sites for hydroxylation is 3. The molecule has 0 aromatic carbocycles. The fourth-order valence-electron chi connectivity index (χ4n) is 2.74. The molecule has 0 N–H and O–H groups in total. The molecule has 0 spiro atoms. The second kappa shape index (κ2) is 6.21. The molecule has 22 heavy (non-hydrogen) atoms. The Hall–Kier alpha value is -2.31. The Kier molecular flexibility index (Phi) is 4.13. The summed E-state index contributed by atoms with van der Waals surface area (Å²) in [7, 11) is 1.92. The second-order valence-electron chi connectivity index (χ2n) is 5.77. The number of carbonyl (C=O) groups is 1. The van der Waals surface area contributed by atoms with Crippen molar-refractivity contribution in [1.82, 2.24) is 24.5 Å². The van der Waals surface area contributed by atoms with Crippen LogP contribution in [0.25, 0.3) is 0 Å². The number of hydrogen-bond acceptors (Lipinski definition) is 4. The van der Waals surface area contributed by atoms with Crippen molar-refractivity contribution < 1.29 is 4.79 Å². The number of anilines is 1. The molecule has 0 aliphatic carbocycles. The van der Waals surface area contributed by atoms with Gasteiger partial charge < -0.3 is 9.80 Å². The van der Waals surface area contributed by atoms with Crippen LogP contribution in [0.1, 0.15) is 12.0 Å². The molecular formula is C15H22N6O. The predicted molar refractivity (Wildman–Crippen MR) is 83.6 cm³/mol. The van der Waals surface area contributed by atoms with E-state index in [4.69, 9.17) is 0 Å². The van der Waals surface area contributed by atoms with Gasteiger partial charge in [0.15, 0.2) is 0 Å². The minimum absolute atomic E-state index is 0.207. The summed E-state index contributed by atoms with van der Waals surface area (Å²) in [5, 5.41) is 8.41. The molecule has 1 aliphatic heterocycles. The molecule has 2 aromatic heterocycles. The van der Waals surface area contributed by atoms with Gasteiger partial charge in [-0.3, -0.25) is 14.2 Å². The highest BCUT2D eigenvalue weighted by atomic mass is 16.2. The van der Waals surface area contributed by atoms with Crippen LogP contribution in [0.3, 0.4) is 0 Å². The van der Waals surface area contributed by atoms with Crippen molar-refractivity contribution in [3.63, 3.8) is 0 Å². The highest BCUT2D eigenvalue weighted by molar-refractivity contribution is 5.76. The molecule has 1 amide bonds. The molecule has 3 heterocycles. The highest BCUT2D eigenvalue weighted by Gasteiger charge is 2.21. The number of nitrogens with zero attached hydrogens (tertiary/aromatic N) is 6. The Balaban J connectivity index is 1.47. The van der Waals surface area contributed by atoms with E-state index in [2.05, 4.69) is 15.1 Å². The summed E-state index contributed by atoms with van der Waals surface area (Å²) in [6.07, 6.45) is 8.17. The lowest BCUT2D eigenvalue weighted by atomic mass is 10.2. The van der Waals surface area contributed by atoms with Gasteiger partial charge in [-0.25, -0.2) is 0 Å². The van der Waals surface area contributed by atoms with E-state index in [1.807, 2.05) is 48.3 Å². The van der Waals surface area contributed by atoms with Gasteiger partial charge in [0.05, 0.1) is 18.1 Å². The zero-order valence-electron chi connectivity index (χ0n) is 13.1. The number of carbonyl (C=O) groups excluding carboxylic acids is 1. The molecule has 1 fully saturated rings. The van der Waals surface area contributed by atoms with Gasteiger partial charge in [-0.1, -0.05) is 0 Å². The van der Waals surface area contributed by atoms with Crippen LogP contribution in [0.4, 0.5) is 5.69 Å². The molecule has 0 atom stereocenters. The number of rotatable bonds is 4. The van der Waals surface area contributed by atoms with Crippen molar-refractivity contribution in [2.45, 2.75) is 19.9 Å². The van der Waals surface area contributed by atoms with Gasteiger partial charge >= 0.3 is 0 Å². The van der Waals surface area contributed by atoms with Crippen molar-refractivity contribution in [3.8, 4) is 0 Å². The largest absolute Gasteiger partial charge is 0.365 e. The van der Waals surface area contributed by atoms with Crippen LogP contribution < -0.4 is 4.90 Å². The van der Waals surface area contributed by atoms with Crippen molar-refractivity contribution in [2.75, 3.05) is 31.1 Å². The van der Waals surface area contributed by atoms with E-state index in [1.165, 1.54) is 0 Å². The van der Waals surface area contributed by atoms with Crippen LogP contribution in [0, 0.1) is 6.92 Å². The summed E-state index contributed by atoms with van der Waals surface area (Å²) in [6, 6.07) is 0. The maximum absolute atomic E-state index is 12.3. The molecule has 0 radical (unpaired) electrons. The van der Waals surface area contributed by atoms with Gasteiger partial charge in [-0.2, -0.15) is 10.2 Å². The average Bonchev–Trinajstić information content (AvgIpc) is 3.13. The molecule has 0 unspecified atom stereocenters. The van der Waals surface area contributed by atoms with Gasteiger partial charge in [0.25, 0.3) is 0 Å². The van der Waals surface area contributed by atoms with Gasteiger partial charge in [-0.15, -0.1) is 0 Å². The van der Waals surface area contributed by atoms with Crippen molar-refractivity contribution in [2.24, 2.45) is 7.05 Å². The monoisotopic (exact) mass is 302 g/mol. The minimum Gasteiger partial charge on any atom is -0.365 e. The van der Waals surface area contributed by atoms with E-state index < -0.39 is 0 Å². The summed E-state index contributed by atoms with van der Waals surface area (Å²) in [5.41, 5.74) is 2.25. The first kappa shape index (κ1) is 14.6. The quantitative estimate of drug-likeness (QED) is 0.833. The Morgan fingerprint density at radius 3 is 2.50 bits per heavy atom. The second-order valence-corrected chi connectivity index (χ2v) is 5.77. The summed E-state index contributed by atoms with van der Waals surface area (Å²) in [5.74, 6) is 0.207. The smallest absolute Gasteiger partial charge is 0.224 e. The third-order valence-corrected chi connectivity index (χ3v) is 4.01. The van der Waals surface area contributed by atoms with E-state index in [0.29, 0.717) is 13.0 Å². The third kappa shape index (κ3) is 3.29. The minimum atomic E-state index is 0.207. The first-order chi connectivity index (χ1) is 10.6. The van der Waals surface area contributed by atoms with E-state index in [-0.39, 0.29) is 5.91 Å². The maximum Gasteiger partial charge on any atom is 0.224 e. The Morgan fingerprint density at radius 1 is 1.14 bits per heavy atom. The molecular weight excluding hydrogens is 280 g/mol. The van der Waals surface area contributed by atoms with Crippen molar-refractivity contribution in [3.05, 3.63) is 30.4 Å². The molecule has 3 rings (SSSR count). The first-order valence-electron chi connectivity index (χ1n) is 7.62. The standard InChI is InChI=1S/C15H22N6O/c1-13-9-17-21(11-13)4-3-15(22)20-7-5-19(6-8-20)14-10-16-18(2)12-14/h9-12H,3-8H2,1-2H3. The SMILES string of the molecule is Cc1cnn(CCC(=O)N2CCN(c3cnn(C)c3)CC2)c1. The van der Waals surface area contributed by atoms with Crippen LogP contribution in [0.2, 0.25) is 0 Å². The molecule has 0 saturated carbocycles. The molecule has 2 aromatic rings. The molecule has 7 nitrogen and oxygen atoms in total. The van der Waals surface area contributed by atoms with Crippen LogP contribution in [0.5, 0.6) is 0 Å². The van der Waals surface area contributed by atoms with Crippen molar-refractivity contribution >= 4 is 11.6 Å². The fourth-order valence-corrected chi connectivity index (χ4v) is 2.74. The third-order valence-electron chi connectivity index (χ3n) is 4.01. The summed E-state index contributed by atoms with van der Waals surface area (Å²) in [6.45, 7) is 5.91. The summed E-state index contributed by atoms with van der Waals surface area (Å²) < 4.78 is 3.64. The topological polar surface area (TPSA) is 59.2 Å². The van der Waals surface area contributed by atoms with Crippen LogP contribution in [0.15, 0.2) is 24.8 Å². The van der Waals surface area contributed by atoms with Gasteiger partial charge in [0.2, 0.25) is 5.91 Å². The Bertz CT molecular complexity index is 638. The zero-order valence-corrected chi connectivity index (χ0v) is 13.1. The molecule has 118 valence electrons. The number of amides is 1. The molecule has 0 bridgehead atoms. The van der Waals surface area contributed by atoms with Crippen LogP contribution in [-0.2, 0) is 18.4 Å². The Labute approximate surface area is 130 Å². The van der Waals surface area contributed by atoms with Gasteiger partial charge in [0.1, 0.15) is 0 Å².